The molecular weight excluding hydrogens is 483 g/mol. The Hall–Kier alpha value is -2.30. The summed E-state index contributed by atoms with van der Waals surface area (Å²) in [5.74, 6) is 1.31. The van der Waals surface area contributed by atoms with Crippen LogP contribution in [0.4, 0.5) is 5.69 Å². The lowest BCUT2D eigenvalue weighted by Gasteiger charge is -2.21. The monoisotopic (exact) mass is 512 g/mol. The number of phenols is 1. The number of hydrogen-bond donors (Lipinski definition) is 3. The molecule has 9 heteroatoms. The number of hydrogen-bond acceptors (Lipinski definition) is 4. The number of aromatic nitrogens is 2. The molecule has 1 aromatic carbocycles. The molecule has 1 aliphatic rings. The summed E-state index contributed by atoms with van der Waals surface area (Å²) < 4.78 is 1.83. The van der Waals surface area contributed by atoms with Crippen molar-refractivity contribution in [2.45, 2.75) is 19.8 Å². The van der Waals surface area contributed by atoms with Crippen molar-refractivity contribution in [2.24, 2.45) is 18.0 Å². The van der Waals surface area contributed by atoms with Crippen molar-refractivity contribution in [1.82, 2.24) is 20.0 Å². The molecule has 0 saturated carbocycles. The highest BCUT2D eigenvalue weighted by Gasteiger charge is 2.25. The Kier molecular flexibility index (Phi) is 8.74. The van der Waals surface area contributed by atoms with Crippen molar-refractivity contribution in [2.75, 3.05) is 31.5 Å². The van der Waals surface area contributed by atoms with E-state index in [4.69, 9.17) is 0 Å². The molecule has 1 aromatic heterocycles. The predicted molar refractivity (Wildman–Crippen MR) is 125 cm³/mol. The van der Waals surface area contributed by atoms with E-state index in [1.807, 2.05) is 24.9 Å². The molecule has 1 aliphatic heterocycles. The van der Waals surface area contributed by atoms with Crippen LogP contribution >= 0.6 is 24.0 Å². The van der Waals surface area contributed by atoms with Crippen LogP contribution in [0.15, 0.2) is 41.7 Å². The minimum atomic E-state index is -0.188. The molecule has 0 spiro atoms. The van der Waals surface area contributed by atoms with E-state index in [-0.39, 0.29) is 42.2 Å². The van der Waals surface area contributed by atoms with E-state index in [1.165, 1.54) is 17.7 Å². The van der Waals surface area contributed by atoms with Gasteiger partial charge in [-0.25, -0.2) is 4.99 Å². The van der Waals surface area contributed by atoms with Crippen LogP contribution in [0.3, 0.4) is 0 Å². The van der Waals surface area contributed by atoms with Gasteiger partial charge < -0.3 is 20.6 Å². The maximum atomic E-state index is 12.2. The number of aromatic hydroxyl groups is 1. The molecule has 3 N–H and O–H groups in total. The fraction of sp³-hybridized carbons (Fsp3) is 0.450. The standard InChI is InChI=1S/C20H28N6O2.HI/c1-3-21-20(22-12-19(28)24-17-4-6-18(27)7-5-17)26-9-8-15(14-26)10-16-11-23-25(2)13-16;/h4-7,11,13,15,27H,3,8-10,12,14H2,1-2H3,(H,21,22)(H,24,28);1H. The number of aliphatic imine (C=N–C) groups is 1. The summed E-state index contributed by atoms with van der Waals surface area (Å²) in [4.78, 5) is 18.9. The minimum Gasteiger partial charge on any atom is -0.508 e. The van der Waals surface area contributed by atoms with Gasteiger partial charge in [-0.15, -0.1) is 24.0 Å². The first kappa shape index (κ1) is 23.0. The highest BCUT2D eigenvalue weighted by molar-refractivity contribution is 14.0. The van der Waals surface area contributed by atoms with Crippen molar-refractivity contribution in [3.05, 3.63) is 42.2 Å². The largest absolute Gasteiger partial charge is 0.508 e. The molecule has 158 valence electrons. The summed E-state index contributed by atoms with van der Waals surface area (Å²) in [6.45, 7) is 4.67. The summed E-state index contributed by atoms with van der Waals surface area (Å²) >= 11 is 0. The van der Waals surface area contributed by atoms with E-state index in [9.17, 15) is 9.90 Å². The van der Waals surface area contributed by atoms with E-state index in [2.05, 4.69) is 31.8 Å². The van der Waals surface area contributed by atoms with Gasteiger partial charge in [-0.1, -0.05) is 0 Å². The van der Waals surface area contributed by atoms with Crippen LogP contribution in [0.5, 0.6) is 5.75 Å². The second-order valence-corrected chi connectivity index (χ2v) is 7.09. The number of benzene rings is 1. The smallest absolute Gasteiger partial charge is 0.246 e. The molecule has 1 atom stereocenters. The van der Waals surface area contributed by atoms with E-state index >= 15 is 0 Å². The average molecular weight is 512 g/mol. The van der Waals surface area contributed by atoms with E-state index in [0.717, 1.165) is 38.4 Å². The first-order valence-electron chi connectivity index (χ1n) is 9.63. The second kappa shape index (κ2) is 11.0. The third-order valence-corrected chi connectivity index (χ3v) is 4.73. The molecule has 1 unspecified atom stereocenters. The lowest BCUT2D eigenvalue weighted by atomic mass is 10.0. The van der Waals surface area contributed by atoms with Crippen LogP contribution in [0.1, 0.15) is 18.9 Å². The minimum absolute atomic E-state index is 0. The molecule has 2 aromatic rings. The first-order valence-corrected chi connectivity index (χ1v) is 9.63. The zero-order chi connectivity index (χ0) is 19.9. The topological polar surface area (TPSA) is 94.8 Å². The van der Waals surface area contributed by atoms with Gasteiger partial charge in [-0.2, -0.15) is 5.10 Å². The Bertz CT molecular complexity index is 821. The number of aryl methyl sites for hydroxylation is 1. The van der Waals surface area contributed by atoms with Crippen LogP contribution in [-0.2, 0) is 18.3 Å². The average Bonchev–Trinajstić information content (AvgIpc) is 3.30. The van der Waals surface area contributed by atoms with Crippen molar-refractivity contribution < 1.29 is 9.90 Å². The van der Waals surface area contributed by atoms with E-state index in [1.54, 1.807) is 12.1 Å². The molecule has 29 heavy (non-hydrogen) atoms. The number of nitrogens with one attached hydrogen (secondary N) is 2. The summed E-state index contributed by atoms with van der Waals surface area (Å²) in [7, 11) is 1.93. The van der Waals surface area contributed by atoms with Crippen molar-refractivity contribution in [3.63, 3.8) is 0 Å². The number of halogens is 1. The molecule has 1 saturated heterocycles. The van der Waals surface area contributed by atoms with Crippen LogP contribution in [0, 0.1) is 5.92 Å². The fourth-order valence-corrected chi connectivity index (χ4v) is 3.42. The van der Waals surface area contributed by atoms with Crippen molar-refractivity contribution >= 4 is 41.5 Å². The number of likely N-dealkylation sites (tertiary alicyclic amines) is 1. The molecule has 0 radical (unpaired) electrons. The van der Waals surface area contributed by atoms with Gasteiger partial charge in [0.1, 0.15) is 12.3 Å². The first-order chi connectivity index (χ1) is 13.5. The Morgan fingerprint density at radius 1 is 1.34 bits per heavy atom. The third-order valence-electron chi connectivity index (χ3n) is 4.73. The van der Waals surface area contributed by atoms with Gasteiger partial charge >= 0.3 is 0 Å². The number of anilines is 1. The van der Waals surface area contributed by atoms with Gasteiger partial charge in [0.15, 0.2) is 5.96 Å². The number of carbonyl (C=O) groups excluding carboxylic acids is 1. The van der Waals surface area contributed by atoms with Crippen LogP contribution < -0.4 is 10.6 Å². The van der Waals surface area contributed by atoms with Gasteiger partial charge in [0.25, 0.3) is 0 Å². The van der Waals surface area contributed by atoms with Gasteiger partial charge in [-0.3, -0.25) is 9.48 Å². The summed E-state index contributed by atoms with van der Waals surface area (Å²) in [5, 5.41) is 19.6. The zero-order valence-corrected chi connectivity index (χ0v) is 19.2. The molecule has 2 heterocycles. The zero-order valence-electron chi connectivity index (χ0n) is 16.8. The third kappa shape index (κ3) is 6.91. The van der Waals surface area contributed by atoms with Gasteiger partial charge in [0, 0.05) is 38.6 Å². The lowest BCUT2D eigenvalue weighted by Crippen LogP contribution is -2.40. The van der Waals surface area contributed by atoms with Gasteiger partial charge in [0.2, 0.25) is 5.91 Å². The van der Waals surface area contributed by atoms with E-state index < -0.39 is 0 Å². The Balaban J connectivity index is 0.00000300. The van der Waals surface area contributed by atoms with Crippen molar-refractivity contribution in [1.29, 1.82) is 0 Å². The molecule has 3 rings (SSSR count). The van der Waals surface area contributed by atoms with Crippen molar-refractivity contribution in [3.8, 4) is 5.75 Å². The SMILES string of the molecule is CCNC(=NCC(=O)Nc1ccc(O)cc1)N1CCC(Cc2cnn(C)c2)C1.I. The quantitative estimate of drug-likeness (QED) is 0.239. The number of rotatable bonds is 6. The number of phenolic OH excluding ortho intramolecular Hbond substituents is 1. The van der Waals surface area contributed by atoms with E-state index in [0.29, 0.717) is 11.6 Å². The summed E-state index contributed by atoms with van der Waals surface area (Å²) in [5.41, 5.74) is 1.89. The van der Waals surface area contributed by atoms with Crippen LogP contribution in [0.25, 0.3) is 0 Å². The normalized spacial score (nSPS) is 16.4. The Morgan fingerprint density at radius 3 is 2.76 bits per heavy atom. The molecule has 1 fully saturated rings. The molecule has 0 aliphatic carbocycles. The number of amides is 1. The fourth-order valence-electron chi connectivity index (χ4n) is 3.42. The Morgan fingerprint density at radius 2 is 2.10 bits per heavy atom. The summed E-state index contributed by atoms with van der Waals surface area (Å²) in [6, 6.07) is 6.39. The van der Waals surface area contributed by atoms with Gasteiger partial charge in [-0.05, 0) is 55.5 Å². The maximum absolute atomic E-state index is 12.2. The number of guanidine groups is 1. The molecular formula is C20H29IN6O2. The van der Waals surface area contributed by atoms with Gasteiger partial charge in [0.05, 0.1) is 6.20 Å². The highest BCUT2D eigenvalue weighted by atomic mass is 127. The summed E-state index contributed by atoms with van der Waals surface area (Å²) in [6.07, 6.45) is 6.09. The lowest BCUT2D eigenvalue weighted by molar-refractivity contribution is -0.114. The second-order valence-electron chi connectivity index (χ2n) is 7.09. The highest BCUT2D eigenvalue weighted by Crippen LogP contribution is 2.20. The molecule has 8 nitrogen and oxygen atoms in total. The van der Waals surface area contributed by atoms with Crippen LogP contribution in [0.2, 0.25) is 0 Å². The number of nitrogens with zero attached hydrogens (tertiary/aromatic N) is 4. The van der Waals surface area contributed by atoms with Crippen LogP contribution in [-0.4, -0.2) is 57.8 Å². The predicted octanol–water partition coefficient (Wildman–Crippen LogP) is 2.21. The Labute approximate surface area is 188 Å². The molecule has 1 amide bonds. The number of carbonyl (C=O) groups is 1. The molecule has 0 bridgehead atoms. The maximum Gasteiger partial charge on any atom is 0.246 e.